The van der Waals surface area contributed by atoms with E-state index in [-0.39, 0.29) is 0 Å². The fourth-order valence-electron chi connectivity index (χ4n) is 1.38. The molecule has 0 N–H and O–H groups in total. The number of hydrogen-bond acceptors (Lipinski definition) is 1. The molecule has 0 aliphatic carbocycles. The van der Waals surface area contributed by atoms with E-state index in [1.165, 1.54) is 0 Å². The van der Waals surface area contributed by atoms with E-state index >= 15 is 0 Å². The molecule has 0 atom stereocenters. The SMILES string of the molecule is [B]c1cccc(OCc2ccccc2Cl)c1. The maximum atomic E-state index is 6.02. The van der Waals surface area contributed by atoms with Crippen LogP contribution in [0.5, 0.6) is 5.75 Å². The summed E-state index contributed by atoms with van der Waals surface area (Å²) in [4.78, 5) is 0. The maximum Gasteiger partial charge on any atom is 0.119 e. The Balaban J connectivity index is 2.05. The van der Waals surface area contributed by atoms with Gasteiger partial charge in [-0.3, -0.25) is 0 Å². The first kappa shape index (κ1) is 11.1. The van der Waals surface area contributed by atoms with Crippen LogP contribution in [0.3, 0.4) is 0 Å². The molecule has 0 aromatic heterocycles. The molecule has 0 saturated carbocycles. The van der Waals surface area contributed by atoms with Gasteiger partial charge in [0, 0.05) is 10.6 Å². The molecule has 16 heavy (non-hydrogen) atoms. The summed E-state index contributed by atoms with van der Waals surface area (Å²) in [5.74, 6) is 0.750. The van der Waals surface area contributed by atoms with Crippen molar-refractivity contribution in [3.05, 3.63) is 59.1 Å². The van der Waals surface area contributed by atoms with E-state index in [4.69, 9.17) is 24.2 Å². The largest absolute Gasteiger partial charge is 0.489 e. The zero-order valence-electron chi connectivity index (χ0n) is 8.69. The van der Waals surface area contributed by atoms with Crippen LogP contribution in [-0.4, -0.2) is 7.85 Å². The smallest absolute Gasteiger partial charge is 0.119 e. The molecule has 2 rings (SSSR count). The number of hydrogen-bond donors (Lipinski definition) is 0. The number of ether oxygens (including phenoxy) is 1. The van der Waals surface area contributed by atoms with Crippen molar-refractivity contribution in [3.8, 4) is 5.75 Å². The summed E-state index contributed by atoms with van der Waals surface area (Å²) in [6.07, 6.45) is 0. The van der Waals surface area contributed by atoms with Crippen molar-refractivity contribution < 1.29 is 4.74 Å². The lowest BCUT2D eigenvalue weighted by molar-refractivity contribution is 0.306. The van der Waals surface area contributed by atoms with Gasteiger partial charge in [0.15, 0.2) is 0 Å². The van der Waals surface area contributed by atoms with Crippen molar-refractivity contribution in [2.75, 3.05) is 0 Å². The molecule has 0 saturated heterocycles. The Kier molecular flexibility index (Phi) is 3.52. The van der Waals surface area contributed by atoms with Gasteiger partial charge in [0.05, 0.1) is 0 Å². The Morgan fingerprint density at radius 2 is 1.88 bits per heavy atom. The highest BCUT2D eigenvalue weighted by Gasteiger charge is 2.00. The third-order valence-electron chi connectivity index (χ3n) is 2.21. The van der Waals surface area contributed by atoms with Crippen LogP contribution in [0.25, 0.3) is 0 Å². The zero-order valence-corrected chi connectivity index (χ0v) is 9.45. The third kappa shape index (κ3) is 2.80. The lowest BCUT2D eigenvalue weighted by Crippen LogP contribution is -2.03. The van der Waals surface area contributed by atoms with Gasteiger partial charge < -0.3 is 4.74 Å². The molecule has 0 aliphatic heterocycles. The molecular weight excluding hydrogens is 218 g/mol. The molecule has 2 radical (unpaired) electrons. The van der Waals surface area contributed by atoms with E-state index in [0.29, 0.717) is 17.1 Å². The van der Waals surface area contributed by atoms with Crippen LogP contribution in [0.4, 0.5) is 0 Å². The van der Waals surface area contributed by atoms with E-state index < -0.39 is 0 Å². The summed E-state index contributed by atoms with van der Waals surface area (Å²) in [7, 11) is 5.65. The van der Waals surface area contributed by atoms with Crippen LogP contribution in [0.2, 0.25) is 5.02 Å². The second-order valence-corrected chi connectivity index (χ2v) is 3.86. The minimum absolute atomic E-state index is 0.448. The maximum absolute atomic E-state index is 6.02. The van der Waals surface area contributed by atoms with Crippen molar-refractivity contribution in [1.82, 2.24) is 0 Å². The third-order valence-corrected chi connectivity index (χ3v) is 2.58. The van der Waals surface area contributed by atoms with Crippen molar-refractivity contribution >= 4 is 24.9 Å². The molecule has 0 heterocycles. The van der Waals surface area contributed by atoms with Gasteiger partial charge in [0.2, 0.25) is 0 Å². The number of benzene rings is 2. The molecule has 1 nitrogen and oxygen atoms in total. The van der Waals surface area contributed by atoms with Crippen LogP contribution < -0.4 is 10.2 Å². The molecule has 2 aromatic rings. The lowest BCUT2D eigenvalue weighted by atomic mass is 9.96. The van der Waals surface area contributed by atoms with Crippen LogP contribution in [-0.2, 0) is 6.61 Å². The number of rotatable bonds is 3. The van der Waals surface area contributed by atoms with Crippen LogP contribution in [0.15, 0.2) is 48.5 Å². The summed E-state index contributed by atoms with van der Waals surface area (Å²) in [6, 6.07) is 15.0. The van der Waals surface area contributed by atoms with Crippen LogP contribution >= 0.6 is 11.6 Å². The highest BCUT2D eigenvalue weighted by Crippen LogP contribution is 2.17. The Morgan fingerprint density at radius 3 is 2.62 bits per heavy atom. The summed E-state index contributed by atoms with van der Waals surface area (Å²) < 4.78 is 5.59. The first-order chi connectivity index (χ1) is 7.75. The molecule has 2 aromatic carbocycles. The fraction of sp³-hybridized carbons (Fsp3) is 0.0769. The average molecular weight is 228 g/mol. The van der Waals surface area contributed by atoms with Crippen molar-refractivity contribution in [3.63, 3.8) is 0 Å². The average Bonchev–Trinajstić information content (AvgIpc) is 2.28. The Labute approximate surface area is 101 Å². The van der Waals surface area contributed by atoms with Crippen molar-refractivity contribution in [2.45, 2.75) is 6.61 Å². The van der Waals surface area contributed by atoms with Gasteiger partial charge >= 0.3 is 0 Å². The van der Waals surface area contributed by atoms with Crippen molar-refractivity contribution in [2.24, 2.45) is 0 Å². The second kappa shape index (κ2) is 5.08. The van der Waals surface area contributed by atoms with Crippen LogP contribution in [0, 0.1) is 0 Å². The minimum Gasteiger partial charge on any atom is -0.489 e. The molecule has 78 valence electrons. The molecule has 3 heteroatoms. The zero-order chi connectivity index (χ0) is 11.4. The molecule has 0 unspecified atom stereocenters. The van der Waals surface area contributed by atoms with E-state index in [0.717, 1.165) is 11.3 Å². The van der Waals surface area contributed by atoms with E-state index in [1.807, 2.05) is 42.5 Å². The second-order valence-electron chi connectivity index (χ2n) is 3.45. The summed E-state index contributed by atoms with van der Waals surface area (Å²) in [5.41, 5.74) is 1.66. The van der Waals surface area contributed by atoms with Gasteiger partial charge in [0.25, 0.3) is 0 Å². The molecule has 0 fully saturated rings. The summed E-state index contributed by atoms with van der Waals surface area (Å²) in [6.45, 7) is 0.448. The highest BCUT2D eigenvalue weighted by molar-refractivity contribution is 6.32. The monoisotopic (exact) mass is 228 g/mol. The fourth-order valence-corrected chi connectivity index (χ4v) is 1.57. The number of halogens is 1. The van der Waals surface area contributed by atoms with Gasteiger partial charge in [-0.15, -0.1) is 0 Å². The minimum atomic E-state index is 0.448. The first-order valence-electron chi connectivity index (χ1n) is 4.97. The standard InChI is InChI=1S/C13H10BClO/c14-11-5-3-6-12(8-11)16-9-10-4-1-2-7-13(10)15/h1-8H,9H2. The van der Waals surface area contributed by atoms with Gasteiger partial charge in [-0.1, -0.05) is 47.4 Å². The first-order valence-corrected chi connectivity index (χ1v) is 5.35. The van der Waals surface area contributed by atoms with Crippen LogP contribution in [0.1, 0.15) is 5.56 Å². The molecule has 0 bridgehead atoms. The van der Waals surface area contributed by atoms with E-state index in [1.54, 1.807) is 6.07 Å². The van der Waals surface area contributed by atoms with Gasteiger partial charge in [-0.2, -0.15) is 0 Å². The normalized spacial score (nSPS) is 10.1. The van der Waals surface area contributed by atoms with E-state index in [9.17, 15) is 0 Å². The lowest BCUT2D eigenvalue weighted by Gasteiger charge is -2.08. The Hall–Kier alpha value is -1.41. The topological polar surface area (TPSA) is 9.23 Å². The summed E-state index contributed by atoms with van der Waals surface area (Å²) in [5, 5.41) is 0.714. The molecule has 0 spiro atoms. The quantitative estimate of drug-likeness (QED) is 0.734. The molecule has 0 aliphatic rings. The molecular formula is C13H10BClO. The predicted octanol–water partition coefficient (Wildman–Crippen LogP) is 2.71. The summed E-state index contributed by atoms with van der Waals surface area (Å²) >= 11 is 6.02. The van der Waals surface area contributed by atoms with Gasteiger partial charge in [-0.25, -0.2) is 0 Å². The predicted molar refractivity (Wildman–Crippen MR) is 67.6 cm³/mol. The van der Waals surface area contributed by atoms with Gasteiger partial charge in [0.1, 0.15) is 20.2 Å². The highest BCUT2D eigenvalue weighted by atomic mass is 35.5. The van der Waals surface area contributed by atoms with Gasteiger partial charge in [-0.05, 0) is 18.2 Å². The van der Waals surface area contributed by atoms with E-state index in [2.05, 4.69) is 0 Å². The molecule has 0 amide bonds. The Morgan fingerprint density at radius 1 is 1.06 bits per heavy atom. The Bertz CT molecular complexity index is 485. The van der Waals surface area contributed by atoms with Crippen molar-refractivity contribution in [1.29, 1.82) is 0 Å².